The summed E-state index contributed by atoms with van der Waals surface area (Å²) < 4.78 is 18.3. The third-order valence-electron chi connectivity index (χ3n) is 8.71. The summed E-state index contributed by atoms with van der Waals surface area (Å²) in [5, 5.41) is 21.8. The van der Waals surface area contributed by atoms with Crippen molar-refractivity contribution in [1.29, 1.82) is 5.26 Å². The number of rotatable bonds is 3. The molecule has 1 spiro atoms. The minimum atomic E-state index is -0.434. The first kappa shape index (κ1) is 22.7. The van der Waals surface area contributed by atoms with Crippen molar-refractivity contribution in [1.82, 2.24) is 34.5 Å². The summed E-state index contributed by atoms with van der Waals surface area (Å²) in [6, 6.07) is 5.92. The summed E-state index contributed by atoms with van der Waals surface area (Å²) in [7, 11) is 0. The van der Waals surface area contributed by atoms with E-state index in [1.54, 1.807) is 6.07 Å². The highest BCUT2D eigenvalue weighted by atomic mass is 19.1. The number of anilines is 1. The molecule has 1 N–H and O–H groups in total. The highest BCUT2D eigenvalue weighted by molar-refractivity contribution is 5.79. The van der Waals surface area contributed by atoms with E-state index < -0.39 is 5.82 Å². The van der Waals surface area contributed by atoms with Crippen LogP contribution in [0.2, 0.25) is 0 Å². The van der Waals surface area contributed by atoms with Crippen LogP contribution in [0, 0.1) is 22.6 Å². The zero-order chi connectivity index (χ0) is 25.5. The number of likely N-dealkylation sites (tertiary alicyclic amines) is 1. The molecule has 0 radical (unpaired) electrons. The molecule has 0 unspecified atom stereocenters. The third-order valence-corrected chi connectivity index (χ3v) is 8.71. The number of pyridine rings is 1. The van der Waals surface area contributed by atoms with Gasteiger partial charge in [-0.15, -0.1) is 0 Å². The quantitative estimate of drug-likeness (QED) is 0.576. The average molecular weight is 504 g/mol. The molecule has 0 aromatic carbocycles. The second kappa shape index (κ2) is 8.00. The smallest absolute Gasteiger partial charge is 0.236 e. The lowest BCUT2D eigenvalue weighted by Gasteiger charge is -2.56. The summed E-state index contributed by atoms with van der Waals surface area (Å²) in [6.07, 6.45) is 2.00. The first-order chi connectivity index (χ1) is 17.9. The number of nitrogens with one attached hydrogen (secondary N) is 1. The zero-order valence-electron chi connectivity index (χ0n) is 21.1. The van der Waals surface area contributed by atoms with Gasteiger partial charge in [0.25, 0.3) is 0 Å². The number of carbonyl (C=O) groups excluding carboxylic acids is 1. The first-order valence-corrected chi connectivity index (χ1v) is 13.0. The number of amides is 1. The molecular weight excluding hydrogens is 473 g/mol. The Morgan fingerprint density at radius 2 is 2.05 bits per heavy atom. The largest absolute Gasteiger partial charge is 0.362 e. The number of nitriles is 1. The van der Waals surface area contributed by atoms with Crippen LogP contribution in [-0.2, 0) is 24.3 Å². The number of halogens is 1. The Hall–Kier alpha value is -3.49. The summed E-state index contributed by atoms with van der Waals surface area (Å²) in [6.45, 7) is 10.5. The molecule has 3 aromatic rings. The number of aromatic nitrogens is 4. The fraction of sp³-hybridized carbons (Fsp3) is 0.538. The number of hydrogen-bond donors (Lipinski definition) is 1. The average Bonchev–Trinajstić information content (AvgIpc) is 3.38. The molecule has 3 aromatic heterocycles. The van der Waals surface area contributed by atoms with Gasteiger partial charge in [0.05, 0.1) is 42.4 Å². The van der Waals surface area contributed by atoms with Gasteiger partial charge in [-0.2, -0.15) is 15.5 Å². The van der Waals surface area contributed by atoms with Crippen molar-refractivity contribution in [3.05, 3.63) is 46.8 Å². The van der Waals surface area contributed by atoms with Crippen LogP contribution in [0.1, 0.15) is 42.5 Å². The molecule has 11 heteroatoms. The van der Waals surface area contributed by atoms with Crippen LogP contribution in [0.4, 0.5) is 10.1 Å². The van der Waals surface area contributed by atoms with E-state index in [2.05, 4.69) is 44.8 Å². The van der Waals surface area contributed by atoms with Gasteiger partial charge in [-0.1, -0.05) is 0 Å². The predicted molar refractivity (Wildman–Crippen MR) is 133 cm³/mol. The normalized spacial score (nSPS) is 24.4. The van der Waals surface area contributed by atoms with E-state index in [1.165, 1.54) is 16.3 Å². The molecule has 192 valence electrons. The van der Waals surface area contributed by atoms with Crippen LogP contribution in [-0.4, -0.2) is 80.4 Å². The van der Waals surface area contributed by atoms with E-state index in [1.807, 2.05) is 11.0 Å². The fourth-order valence-electron chi connectivity index (χ4n) is 6.57. The standard InChI is InChI=1S/C26H30FN9O/c1-16-5-19-21(9-32(16)11-24(37)34-14-26(15-34)12-29-13-26)31-35-17(2)8-33(10-23(19)35)22-4-3-18(6-28)36-25(22)20(27)7-30-36/h3-4,7,16-17,29H,5,8-15H2,1-2H3/t16-,17+/m0/s1. The molecule has 2 atom stereocenters. The Labute approximate surface area is 214 Å². The maximum absolute atomic E-state index is 14.8. The van der Waals surface area contributed by atoms with Gasteiger partial charge in [0.1, 0.15) is 17.3 Å². The molecule has 2 fully saturated rings. The highest BCUT2D eigenvalue weighted by Gasteiger charge is 2.49. The monoisotopic (exact) mass is 503 g/mol. The molecular formula is C26H30FN9O. The fourth-order valence-corrected chi connectivity index (χ4v) is 6.57. The Kier molecular flexibility index (Phi) is 4.91. The van der Waals surface area contributed by atoms with Crippen molar-refractivity contribution in [3.8, 4) is 6.07 Å². The Balaban J connectivity index is 1.13. The van der Waals surface area contributed by atoms with Gasteiger partial charge in [0.2, 0.25) is 5.91 Å². The summed E-state index contributed by atoms with van der Waals surface area (Å²) in [5.74, 6) is -0.222. The van der Waals surface area contributed by atoms with Crippen molar-refractivity contribution in [2.75, 3.05) is 44.2 Å². The van der Waals surface area contributed by atoms with Gasteiger partial charge in [-0.25, -0.2) is 8.91 Å². The Morgan fingerprint density at radius 1 is 1.24 bits per heavy atom. The summed E-state index contributed by atoms with van der Waals surface area (Å²) in [4.78, 5) is 19.4. The zero-order valence-corrected chi connectivity index (χ0v) is 21.1. The molecule has 0 aliphatic carbocycles. The molecule has 0 saturated carbocycles. The van der Waals surface area contributed by atoms with E-state index in [0.717, 1.165) is 49.7 Å². The van der Waals surface area contributed by atoms with Gasteiger partial charge in [-0.05, 0) is 32.4 Å². The summed E-state index contributed by atoms with van der Waals surface area (Å²) in [5.41, 5.74) is 5.13. The topological polar surface area (TPSA) is 97.7 Å². The lowest BCUT2D eigenvalue weighted by molar-refractivity contribution is -0.148. The molecule has 4 aliphatic heterocycles. The van der Waals surface area contributed by atoms with Crippen LogP contribution in [0.5, 0.6) is 0 Å². The molecule has 7 heterocycles. The van der Waals surface area contributed by atoms with Crippen molar-refractivity contribution in [2.45, 2.75) is 45.4 Å². The molecule has 10 nitrogen and oxygen atoms in total. The van der Waals surface area contributed by atoms with E-state index in [-0.39, 0.29) is 18.0 Å². The molecule has 37 heavy (non-hydrogen) atoms. The van der Waals surface area contributed by atoms with Crippen LogP contribution in [0.15, 0.2) is 18.3 Å². The third kappa shape index (κ3) is 3.39. The van der Waals surface area contributed by atoms with E-state index >= 15 is 0 Å². The summed E-state index contributed by atoms with van der Waals surface area (Å²) >= 11 is 0. The SMILES string of the molecule is C[C@@H]1CN(c2ccc(C#N)n3ncc(F)c23)Cc2c3c(nn21)CN(CC(=O)N1CC2(CNC2)C1)[C@@H](C)C3. The van der Waals surface area contributed by atoms with Crippen LogP contribution in [0.3, 0.4) is 0 Å². The predicted octanol–water partition coefficient (Wildman–Crippen LogP) is 1.30. The second-order valence-electron chi connectivity index (χ2n) is 11.3. The van der Waals surface area contributed by atoms with E-state index in [0.29, 0.717) is 42.8 Å². The molecule has 7 rings (SSSR count). The van der Waals surface area contributed by atoms with E-state index in [9.17, 15) is 14.4 Å². The van der Waals surface area contributed by atoms with Crippen LogP contribution in [0.25, 0.3) is 5.52 Å². The molecule has 4 aliphatic rings. The Bertz CT molecular complexity index is 1460. The molecule has 1 amide bonds. The van der Waals surface area contributed by atoms with Gasteiger partial charge in [0.15, 0.2) is 5.82 Å². The van der Waals surface area contributed by atoms with Crippen molar-refractivity contribution >= 4 is 17.1 Å². The maximum Gasteiger partial charge on any atom is 0.236 e. The minimum Gasteiger partial charge on any atom is -0.362 e. The highest BCUT2D eigenvalue weighted by Crippen LogP contribution is 2.37. The first-order valence-electron chi connectivity index (χ1n) is 13.0. The lowest BCUT2D eigenvalue weighted by atomic mass is 9.74. The maximum atomic E-state index is 14.8. The number of nitrogens with zero attached hydrogens (tertiary/aromatic N) is 8. The van der Waals surface area contributed by atoms with E-state index in [4.69, 9.17) is 5.10 Å². The molecule has 0 bridgehead atoms. The van der Waals surface area contributed by atoms with Gasteiger partial charge in [-0.3, -0.25) is 14.4 Å². The van der Waals surface area contributed by atoms with Gasteiger partial charge >= 0.3 is 0 Å². The van der Waals surface area contributed by atoms with Crippen molar-refractivity contribution in [3.63, 3.8) is 0 Å². The van der Waals surface area contributed by atoms with Crippen LogP contribution >= 0.6 is 0 Å². The van der Waals surface area contributed by atoms with Crippen molar-refractivity contribution < 1.29 is 9.18 Å². The number of hydrogen-bond acceptors (Lipinski definition) is 7. The number of carbonyl (C=O) groups is 1. The Morgan fingerprint density at radius 3 is 2.78 bits per heavy atom. The lowest BCUT2D eigenvalue weighted by Crippen LogP contribution is -2.72. The van der Waals surface area contributed by atoms with Gasteiger partial charge < -0.3 is 15.1 Å². The molecule has 2 saturated heterocycles. The van der Waals surface area contributed by atoms with Crippen LogP contribution < -0.4 is 10.2 Å². The number of fused-ring (bicyclic) bond motifs is 4. The minimum absolute atomic E-state index is 0.0924. The van der Waals surface area contributed by atoms with Crippen molar-refractivity contribution in [2.24, 2.45) is 5.41 Å². The second-order valence-corrected chi connectivity index (χ2v) is 11.3. The van der Waals surface area contributed by atoms with Gasteiger partial charge in [0, 0.05) is 56.3 Å².